The molecule has 1 saturated heterocycles. The van der Waals surface area contributed by atoms with E-state index in [2.05, 4.69) is 12.1 Å². The van der Waals surface area contributed by atoms with Gasteiger partial charge < -0.3 is 9.47 Å². The van der Waals surface area contributed by atoms with Crippen molar-refractivity contribution >= 4 is 0 Å². The number of rotatable bonds is 2. The van der Waals surface area contributed by atoms with Gasteiger partial charge in [0, 0.05) is 26.1 Å². The minimum atomic E-state index is -0.245. The molecule has 1 unspecified atom stereocenters. The molecule has 1 aromatic carbocycles. The summed E-state index contributed by atoms with van der Waals surface area (Å²) in [4.78, 5) is 0. The van der Waals surface area contributed by atoms with E-state index in [1.807, 2.05) is 18.2 Å². The molecule has 1 fully saturated rings. The maximum Gasteiger partial charge on any atom is 0.123 e. The fourth-order valence-electron chi connectivity index (χ4n) is 2.93. The average Bonchev–Trinajstić information content (AvgIpc) is 2.81. The molecule has 0 saturated carbocycles. The summed E-state index contributed by atoms with van der Waals surface area (Å²) >= 11 is 0. The monoisotopic (exact) mass is 243 g/mol. The Hall–Kier alpha value is -1.53. The summed E-state index contributed by atoms with van der Waals surface area (Å²) in [5, 5.41) is 9.46. The minimum absolute atomic E-state index is 0.153. The van der Waals surface area contributed by atoms with Gasteiger partial charge in [0.05, 0.1) is 11.5 Å². The molecule has 0 spiro atoms. The summed E-state index contributed by atoms with van der Waals surface area (Å²) in [5.74, 6) is 0.989. The molecule has 0 aromatic heterocycles. The van der Waals surface area contributed by atoms with E-state index < -0.39 is 0 Å². The van der Waals surface area contributed by atoms with E-state index in [0.717, 1.165) is 31.4 Å². The maximum atomic E-state index is 9.46. The second-order valence-corrected chi connectivity index (χ2v) is 5.26. The Morgan fingerprint density at radius 2 is 2.06 bits per heavy atom. The van der Waals surface area contributed by atoms with Crippen LogP contribution in [-0.4, -0.2) is 19.3 Å². The van der Waals surface area contributed by atoms with Gasteiger partial charge in [-0.25, -0.2) is 0 Å². The SMILES string of the molecule is N#CC1(CC2Cc3ccccc3O2)CCOCC1. The zero-order valence-corrected chi connectivity index (χ0v) is 10.4. The van der Waals surface area contributed by atoms with Crippen molar-refractivity contribution in [2.45, 2.75) is 31.8 Å². The first-order valence-electron chi connectivity index (χ1n) is 6.55. The van der Waals surface area contributed by atoms with Crippen LogP contribution >= 0.6 is 0 Å². The Bertz CT molecular complexity index is 447. The van der Waals surface area contributed by atoms with E-state index in [-0.39, 0.29) is 11.5 Å². The molecule has 0 amide bonds. The number of nitriles is 1. The number of para-hydroxylation sites is 1. The summed E-state index contributed by atoms with van der Waals surface area (Å²) in [7, 11) is 0. The number of fused-ring (bicyclic) bond motifs is 1. The number of hydrogen-bond donors (Lipinski definition) is 0. The third-order valence-corrected chi connectivity index (χ3v) is 4.02. The van der Waals surface area contributed by atoms with Gasteiger partial charge in [-0.1, -0.05) is 18.2 Å². The van der Waals surface area contributed by atoms with E-state index in [0.29, 0.717) is 13.2 Å². The highest BCUT2D eigenvalue weighted by Gasteiger charge is 2.37. The highest BCUT2D eigenvalue weighted by atomic mass is 16.5. The van der Waals surface area contributed by atoms with Crippen LogP contribution in [0.25, 0.3) is 0 Å². The largest absolute Gasteiger partial charge is 0.490 e. The molecule has 1 aromatic rings. The quantitative estimate of drug-likeness (QED) is 0.802. The van der Waals surface area contributed by atoms with Crippen LogP contribution < -0.4 is 4.74 Å². The molecule has 1 atom stereocenters. The third kappa shape index (κ3) is 2.09. The Morgan fingerprint density at radius 1 is 1.28 bits per heavy atom. The number of ether oxygens (including phenoxy) is 2. The second-order valence-electron chi connectivity index (χ2n) is 5.26. The fraction of sp³-hybridized carbons (Fsp3) is 0.533. The summed E-state index contributed by atoms with van der Waals surface area (Å²) in [6, 6.07) is 10.7. The topological polar surface area (TPSA) is 42.2 Å². The van der Waals surface area contributed by atoms with Crippen LogP contribution in [-0.2, 0) is 11.2 Å². The van der Waals surface area contributed by atoms with Crippen LogP contribution in [0.3, 0.4) is 0 Å². The Kier molecular flexibility index (Phi) is 2.97. The maximum absolute atomic E-state index is 9.46. The summed E-state index contributed by atoms with van der Waals surface area (Å²) in [5.41, 5.74) is 1.02. The van der Waals surface area contributed by atoms with E-state index in [1.54, 1.807) is 0 Å². The number of hydrogen-bond acceptors (Lipinski definition) is 3. The van der Waals surface area contributed by atoms with Gasteiger partial charge in [-0.3, -0.25) is 0 Å². The summed E-state index contributed by atoms with van der Waals surface area (Å²) in [6.45, 7) is 1.40. The average molecular weight is 243 g/mol. The first-order valence-corrected chi connectivity index (χ1v) is 6.55. The van der Waals surface area contributed by atoms with Crippen molar-refractivity contribution in [2.75, 3.05) is 13.2 Å². The first-order chi connectivity index (χ1) is 8.81. The molecular formula is C15H17NO2. The normalized spacial score (nSPS) is 24.9. The lowest BCUT2D eigenvalue weighted by atomic mass is 9.76. The van der Waals surface area contributed by atoms with Crippen LogP contribution in [0, 0.1) is 16.7 Å². The lowest BCUT2D eigenvalue weighted by molar-refractivity contribution is 0.0217. The fourth-order valence-corrected chi connectivity index (χ4v) is 2.93. The smallest absolute Gasteiger partial charge is 0.123 e. The molecule has 3 heteroatoms. The van der Waals surface area contributed by atoms with Gasteiger partial charge in [0.15, 0.2) is 0 Å². The highest BCUT2D eigenvalue weighted by Crippen LogP contribution is 2.39. The zero-order chi connectivity index (χ0) is 12.4. The standard InChI is InChI=1S/C15H17NO2/c16-11-15(5-7-17-8-6-15)10-13-9-12-3-1-2-4-14(12)18-13/h1-4,13H,5-10H2. The van der Waals surface area contributed by atoms with Gasteiger partial charge in [0.1, 0.15) is 11.9 Å². The van der Waals surface area contributed by atoms with Crippen molar-refractivity contribution in [1.29, 1.82) is 5.26 Å². The second kappa shape index (κ2) is 4.62. The van der Waals surface area contributed by atoms with Crippen molar-refractivity contribution in [3.8, 4) is 11.8 Å². The van der Waals surface area contributed by atoms with Crippen molar-refractivity contribution in [3.05, 3.63) is 29.8 Å². The Morgan fingerprint density at radius 3 is 2.78 bits per heavy atom. The molecule has 2 heterocycles. The van der Waals surface area contributed by atoms with Crippen LogP contribution in [0.1, 0.15) is 24.8 Å². The molecule has 2 aliphatic rings. The van der Waals surface area contributed by atoms with E-state index in [9.17, 15) is 5.26 Å². The lowest BCUT2D eigenvalue weighted by Gasteiger charge is -2.32. The Labute approximate surface area is 107 Å². The van der Waals surface area contributed by atoms with Crippen molar-refractivity contribution in [1.82, 2.24) is 0 Å². The zero-order valence-electron chi connectivity index (χ0n) is 10.4. The van der Waals surface area contributed by atoms with Crippen LogP contribution in [0.4, 0.5) is 0 Å². The lowest BCUT2D eigenvalue weighted by Crippen LogP contribution is -2.33. The molecule has 0 aliphatic carbocycles. The summed E-state index contributed by atoms with van der Waals surface area (Å²) < 4.78 is 11.3. The molecule has 0 radical (unpaired) electrons. The molecule has 0 bridgehead atoms. The van der Waals surface area contributed by atoms with Gasteiger partial charge in [-0.2, -0.15) is 5.26 Å². The van der Waals surface area contributed by atoms with Crippen LogP contribution in [0.15, 0.2) is 24.3 Å². The van der Waals surface area contributed by atoms with Gasteiger partial charge in [-0.05, 0) is 24.5 Å². The number of benzene rings is 1. The molecule has 3 nitrogen and oxygen atoms in total. The van der Waals surface area contributed by atoms with E-state index in [4.69, 9.17) is 9.47 Å². The van der Waals surface area contributed by atoms with Gasteiger partial charge in [0.2, 0.25) is 0 Å². The predicted octanol–water partition coefficient (Wildman–Crippen LogP) is 2.70. The van der Waals surface area contributed by atoms with E-state index in [1.165, 1.54) is 5.56 Å². The molecular weight excluding hydrogens is 226 g/mol. The number of nitrogens with zero attached hydrogens (tertiary/aromatic N) is 1. The van der Waals surface area contributed by atoms with Gasteiger partial charge in [0.25, 0.3) is 0 Å². The van der Waals surface area contributed by atoms with Gasteiger partial charge in [-0.15, -0.1) is 0 Å². The third-order valence-electron chi connectivity index (χ3n) is 4.02. The van der Waals surface area contributed by atoms with Crippen molar-refractivity contribution < 1.29 is 9.47 Å². The van der Waals surface area contributed by atoms with Crippen LogP contribution in [0.2, 0.25) is 0 Å². The molecule has 0 N–H and O–H groups in total. The molecule has 18 heavy (non-hydrogen) atoms. The Balaban J connectivity index is 1.70. The highest BCUT2D eigenvalue weighted by molar-refractivity contribution is 5.37. The molecule has 94 valence electrons. The summed E-state index contributed by atoms with van der Waals surface area (Å²) in [6.07, 6.45) is 3.57. The van der Waals surface area contributed by atoms with Crippen molar-refractivity contribution in [3.63, 3.8) is 0 Å². The molecule has 2 aliphatic heterocycles. The van der Waals surface area contributed by atoms with E-state index >= 15 is 0 Å². The molecule has 3 rings (SSSR count). The minimum Gasteiger partial charge on any atom is -0.490 e. The predicted molar refractivity (Wildman–Crippen MR) is 67.3 cm³/mol. The van der Waals surface area contributed by atoms with Gasteiger partial charge >= 0.3 is 0 Å². The first kappa shape index (κ1) is 11.6. The van der Waals surface area contributed by atoms with Crippen molar-refractivity contribution in [2.24, 2.45) is 5.41 Å². The van der Waals surface area contributed by atoms with Crippen LogP contribution in [0.5, 0.6) is 5.75 Å².